The van der Waals surface area contributed by atoms with E-state index in [1.54, 1.807) is 6.92 Å². The standard InChI is InChI=1S/C19H18F6N2O4S/c1-2-7-26-32(29,30)16-5-3-15(4-6-16)31-11-17(28)27-14-9-12(18(20,21)22)8-13(10-14)19(23,24)25/h3-6,8-10,26H,2,7,11H2,1H3,(H,27,28). The van der Waals surface area contributed by atoms with E-state index in [-0.39, 0.29) is 23.3 Å². The summed E-state index contributed by atoms with van der Waals surface area (Å²) in [5.41, 5.74) is -3.85. The van der Waals surface area contributed by atoms with Crippen molar-refractivity contribution in [1.29, 1.82) is 0 Å². The fraction of sp³-hybridized carbons (Fsp3) is 0.316. The number of hydrogen-bond acceptors (Lipinski definition) is 4. The lowest BCUT2D eigenvalue weighted by atomic mass is 10.1. The number of alkyl halides is 6. The molecule has 0 heterocycles. The van der Waals surface area contributed by atoms with Crippen LogP contribution in [0.5, 0.6) is 5.75 Å². The van der Waals surface area contributed by atoms with Crippen LogP contribution in [0.2, 0.25) is 0 Å². The molecule has 0 fully saturated rings. The molecular formula is C19H18F6N2O4S. The summed E-state index contributed by atoms with van der Waals surface area (Å²) in [6.45, 7) is 1.29. The summed E-state index contributed by atoms with van der Waals surface area (Å²) in [4.78, 5) is 11.9. The van der Waals surface area contributed by atoms with Crippen LogP contribution in [0.25, 0.3) is 0 Å². The van der Waals surface area contributed by atoms with Gasteiger partial charge in [0.1, 0.15) is 5.75 Å². The Morgan fingerprint density at radius 2 is 1.47 bits per heavy atom. The summed E-state index contributed by atoms with van der Waals surface area (Å²) in [6.07, 6.45) is -9.51. The van der Waals surface area contributed by atoms with E-state index in [1.807, 2.05) is 5.32 Å². The number of rotatable bonds is 8. The van der Waals surface area contributed by atoms with Crippen LogP contribution in [0.15, 0.2) is 47.4 Å². The van der Waals surface area contributed by atoms with Crippen LogP contribution in [0.4, 0.5) is 32.0 Å². The van der Waals surface area contributed by atoms with Crippen molar-refractivity contribution in [3.8, 4) is 5.75 Å². The number of sulfonamides is 1. The molecule has 0 atom stereocenters. The average Bonchev–Trinajstić information content (AvgIpc) is 2.69. The lowest BCUT2D eigenvalue weighted by Crippen LogP contribution is -2.24. The first-order chi connectivity index (χ1) is 14.7. The maximum atomic E-state index is 12.9. The number of hydrogen-bond donors (Lipinski definition) is 2. The first-order valence-corrected chi connectivity index (χ1v) is 10.5. The van der Waals surface area contributed by atoms with Crippen LogP contribution in [-0.4, -0.2) is 27.5 Å². The Morgan fingerprint density at radius 3 is 1.94 bits per heavy atom. The van der Waals surface area contributed by atoms with Gasteiger partial charge in [-0.2, -0.15) is 26.3 Å². The van der Waals surface area contributed by atoms with E-state index >= 15 is 0 Å². The van der Waals surface area contributed by atoms with Gasteiger partial charge >= 0.3 is 12.4 Å². The number of ether oxygens (including phenoxy) is 1. The summed E-state index contributed by atoms with van der Waals surface area (Å²) < 4.78 is 109. The van der Waals surface area contributed by atoms with E-state index in [1.165, 1.54) is 24.3 Å². The molecular weight excluding hydrogens is 466 g/mol. The molecule has 0 saturated heterocycles. The molecule has 32 heavy (non-hydrogen) atoms. The molecule has 2 N–H and O–H groups in total. The third kappa shape index (κ3) is 7.12. The zero-order valence-electron chi connectivity index (χ0n) is 16.5. The molecule has 0 aliphatic heterocycles. The predicted molar refractivity (Wildman–Crippen MR) is 102 cm³/mol. The van der Waals surface area contributed by atoms with Crippen molar-refractivity contribution in [2.24, 2.45) is 0 Å². The Labute approximate surface area is 179 Å². The van der Waals surface area contributed by atoms with Gasteiger partial charge in [0.15, 0.2) is 6.61 Å². The van der Waals surface area contributed by atoms with Crippen molar-refractivity contribution in [3.63, 3.8) is 0 Å². The molecule has 13 heteroatoms. The molecule has 0 aliphatic rings. The Hall–Kier alpha value is -2.80. The van der Waals surface area contributed by atoms with E-state index in [0.717, 1.165) is 0 Å². The fourth-order valence-corrected chi connectivity index (χ4v) is 3.54. The molecule has 0 aliphatic carbocycles. The highest BCUT2D eigenvalue weighted by molar-refractivity contribution is 7.89. The van der Waals surface area contributed by atoms with Gasteiger partial charge in [-0.15, -0.1) is 0 Å². The van der Waals surface area contributed by atoms with Crippen LogP contribution < -0.4 is 14.8 Å². The van der Waals surface area contributed by atoms with Crippen molar-refractivity contribution in [3.05, 3.63) is 53.6 Å². The van der Waals surface area contributed by atoms with Crippen LogP contribution in [0, 0.1) is 0 Å². The number of benzene rings is 2. The molecule has 2 aromatic carbocycles. The molecule has 1 amide bonds. The lowest BCUT2D eigenvalue weighted by molar-refractivity contribution is -0.143. The summed E-state index contributed by atoms with van der Waals surface area (Å²) in [7, 11) is -3.71. The van der Waals surface area contributed by atoms with Gasteiger partial charge < -0.3 is 10.1 Å². The molecule has 0 spiro atoms. The third-order valence-corrected chi connectivity index (χ3v) is 5.39. The lowest BCUT2D eigenvalue weighted by Gasteiger charge is -2.15. The van der Waals surface area contributed by atoms with Crippen molar-refractivity contribution in [1.82, 2.24) is 4.72 Å². The molecule has 0 radical (unpaired) electrons. The largest absolute Gasteiger partial charge is 0.484 e. The number of nitrogens with one attached hydrogen (secondary N) is 2. The van der Waals surface area contributed by atoms with Gasteiger partial charge in [-0.05, 0) is 48.9 Å². The predicted octanol–water partition coefficient (Wildman–Crippen LogP) is 4.43. The minimum atomic E-state index is -5.05. The number of halogens is 6. The summed E-state index contributed by atoms with van der Waals surface area (Å²) in [5.74, 6) is -0.951. The van der Waals surface area contributed by atoms with E-state index in [4.69, 9.17) is 4.74 Å². The monoisotopic (exact) mass is 484 g/mol. The second-order valence-electron chi connectivity index (χ2n) is 6.50. The SMILES string of the molecule is CCCNS(=O)(=O)c1ccc(OCC(=O)Nc2cc(C(F)(F)F)cc(C(F)(F)F)c2)cc1. The summed E-state index contributed by atoms with van der Waals surface area (Å²) in [6, 6.07) is 5.62. The van der Waals surface area contributed by atoms with Crippen LogP contribution in [-0.2, 0) is 27.2 Å². The maximum Gasteiger partial charge on any atom is 0.416 e. The molecule has 2 rings (SSSR count). The molecule has 0 unspecified atom stereocenters. The second-order valence-corrected chi connectivity index (χ2v) is 8.27. The maximum absolute atomic E-state index is 12.9. The fourth-order valence-electron chi connectivity index (χ4n) is 2.41. The molecule has 0 bridgehead atoms. The van der Waals surface area contributed by atoms with Gasteiger partial charge in [-0.1, -0.05) is 6.92 Å². The van der Waals surface area contributed by atoms with Crippen molar-refractivity contribution in [2.75, 3.05) is 18.5 Å². The molecule has 176 valence electrons. The molecule has 2 aromatic rings. The molecule has 0 saturated carbocycles. The Kier molecular flexibility index (Phi) is 7.78. The van der Waals surface area contributed by atoms with Crippen LogP contribution in [0.1, 0.15) is 24.5 Å². The van der Waals surface area contributed by atoms with Gasteiger partial charge in [0.05, 0.1) is 16.0 Å². The Bertz CT molecular complexity index is 1020. The smallest absolute Gasteiger partial charge is 0.416 e. The van der Waals surface area contributed by atoms with Gasteiger partial charge in [0.2, 0.25) is 10.0 Å². The zero-order valence-corrected chi connectivity index (χ0v) is 17.3. The third-order valence-electron chi connectivity index (χ3n) is 3.92. The second kappa shape index (κ2) is 9.77. The number of amides is 1. The zero-order chi connectivity index (χ0) is 24.2. The van der Waals surface area contributed by atoms with Gasteiger partial charge in [-0.3, -0.25) is 4.79 Å². The quantitative estimate of drug-likeness (QED) is 0.543. The van der Waals surface area contributed by atoms with Crippen molar-refractivity contribution in [2.45, 2.75) is 30.6 Å². The minimum Gasteiger partial charge on any atom is -0.484 e. The van der Waals surface area contributed by atoms with E-state index < -0.39 is 51.7 Å². The highest BCUT2D eigenvalue weighted by atomic mass is 32.2. The van der Waals surface area contributed by atoms with Gasteiger partial charge in [0.25, 0.3) is 5.91 Å². The average molecular weight is 484 g/mol. The van der Waals surface area contributed by atoms with Crippen molar-refractivity contribution < 1.29 is 44.3 Å². The first-order valence-electron chi connectivity index (χ1n) is 9.04. The van der Waals surface area contributed by atoms with E-state index in [2.05, 4.69) is 4.72 Å². The molecule has 0 aromatic heterocycles. The number of carbonyl (C=O) groups is 1. The highest BCUT2D eigenvalue weighted by Gasteiger charge is 2.37. The molecule has 6 nitrogen and oxygen atoms in total. The van der Waals surface area contributed by atoms with Gasteiger partial charge in [-0.25, -0.2) is 13.1 Å². The van der Waals surface area contributed by atoms with E-state index in [0.29, 0.717) is 18.6 Å². The Morgan fingerprint density at radius 1 is 0.938 bits per heavy atom. The topological polar surface area (TPSA) is 84.5 Å². The van der Waals surface area contributed by atoms with Crippen LogP contribution in [0.3, 0.4) is 0 Å². The highest BCUT2D eigenvalue weighted by Crippen LogP contribution is 2.37. The summed E-state index contributed by atoms with van der Waals surface area (Å²) >= 11 is 0. The van der Waals surface area contributed by atoms with E-state index in [9.17, 15) is 39.6 Å². The first kappa shape index (κ1) is 25.5. The normalized spacial score (nSPS) is 12.5. The number of carbonyl (C=O) groups excluding carboxylic acids is 1. The Balaban J connectivity index is 2.07. The van der Waals surface area contributed by atoms with Crippen molar-refractivity contribution >= 4 is 21.6 Å². The minimum absolute atomic E-state index is 0.0496. The van der Waals surface area contributed by atoms with Crippen LogP contribution >= 0.6 is 0 Å². The summed E-state index contributed by atoms with van der Waals surface area (Å²) in [5, 5.41) is 1.93. The number of anilines is 1. The van der Waals surface area contributed by atoms with Gasteiger partial charge in [0, 0.05) is 12.2 Å².